The highest BCUT2D eigenvalue weighted by atomic mass is 19.1. The molecule has 0 bridgehead atoms. The zero-order chi connectivity index (χ0) is 12.1. The molecule has 1 aromatic carbocycles. The smallest absolute Gasteiger partial charge is 0.128 e. The molecule has 0 aliphatic rings. The molecule has 2 rings (SSSR count). The maximum absolute atomic E-state index is 13.1. The van der Waals surface area contributed by atoms with Crippen LogP contribution >= 0.6 is 0 Å². The van der Waals surface area contributed by atoms with E-state index in [-0.39, 0.29) is 12.4 Å². The van der Waals surface area contributed by atoms with Gasteiger partial charge < -0.3 is 14.8 Å². The second-order valence-corrected chi connectivity index (χ2v) is 3.77. The van der Waals surface area contributed by atoms with Gasteiger partial charge in [-0.2, -0.15) is 0 Å². The lowest BCUT2D eigenvalue weighted by atomic mass is 10.1. The maximum Gasteiger partial charge on any atom is 0.128 e. The Balaban J connectivity index is 1.90. The summed E-state index contributed by atoms with van der Waals surface area (Å²) in [5.74, 6) is 0.483. The lowest BCUT2D eigenvalue weighted by Gasteiger charge is -2.05. The van der Waals surface area contributed by atoms with Gasteiger partial charge in [0, 0.05) is 12.1 Å². The van der Waals surface area contributed by atoms with Crippen LogP contribution in [0.25, 0.3) is 0 Å². The van der Waals surface area contributed by atoms with Crippen LogP contribution in [0.1, 0.15) is 16.9 Å². The number of halogens is 1. The summed E-state index contributed by atoms with van der Waals surface area (Å²) in [6.07, 6.45) is 1.62. The molecule has 0 radical (unpaired) electrons. The number of benzene rings is 1. The van der Waals surface area contributed by atoms with Gasteiger partial charge in [0.1, 0.15) is 11.6 Å². The van der Waals surface area contributed by atoms with E-state index in [1.807, 2.05) is 12.1 Å². The van der Waals surface area contributed by atoms with Gasteiger partial charge in [-0.15, -0.1) is 0 Å². The van der Waals surface area contributed by atoms with Crippen LogP contribution in [-0.4, -0.2) is 5.11 Å². The van der Waals surface area contributed by atoms with E-state index in [1.165, 1.54) is 6.07 Å². The van der Waals surface area contributed by atoms with Crippen LogP contribution in [0, 0.1) is 5.82 Å². The van der Waals surface area contributed by atoms with Crippen LogP contribution in [-0.2, 0) is 19.7 Å². The summed E-state index contributed by atoms with van der Waals surface area (Å²) in [5.41, 5.74) is 1.25. The number of aliphatic hydroxyl groups is 1. The molecule has 1 heterocycles. The highest BCUT2D eigenvalue weighted by Crippen LogP contribution is 2.10. The molecule has 0 atom stereocenters. The fourth-order valence-electron chi connectivity index (χ4n) is 1.60. The minimum atomic E-state index is -0.373. The predicted octanol–water partition coefficient (Wildman–Crippen LogP) is 2.20. The Kier molecular flexibility index (Phi) is 3.90. The molecule has 0 unspecified atom stereocenters. The maximum atomic E-state index is 13.1. The number of hydrogen-bond donors (Lipinski definition) is 2. The zero-order valence-electron chi connectivity index (χ0n) is 9.32. The first-order chi connectivity index (χ1) is 8.29. The molecule has 0 amide bonds. The van der Waals surface area contributed by atoms with Crippen molar-refractivity contribution in [1.29, 1.82) is 0 Å². The summed E-state index contributed by atoms with van der Waals surface area (Å²) < 4.78 is 18.3. The third-order valence-corrected chi connectivity index (χ3v) is 2.49. The fourth-order valence-corrected chi connectivity index (χ4v) is 1.60. The number of furan rings is 1. The molecule has 0 aliphatic carbocycles. The van der Waals surface area contributed by atoms with Gasteiger partial charge in [-0.1, -0.05) is 6.07 Å². The third kappa shape index (κ3) is 3.15. The monoisotopic (exact) mass is 235 g/mol. The van der Waals surface area contributed by atoms with Crippen LogP contribution in [0.5, 0.6) is 0 Å². The molecule has 1 aromatic heterocycles. The lowest BCUT2D eigenvalue weighted by molar-refractivity contribution is 0.275. The van der Waals surface area contributed by atoms with Crippen molar-refractivity contribution in [2.75, 3.05) is 0 Å². The molecule has 3 nitrogen and oxygen atoms in total. The van der Waals surface area contributed by atoms with Gasteiger partial charge in [-0.25, -0.2) is 4.39 Å². The molecule has 0 aliphatic heterocycles. The standard InChI is InChI=1S/C13H14FNO2/c14-13-4-3-10(6-11(13)9-16)7-15-8-12-2-1-5-17-12/h1-6,15-16H,7-9H2. The molecule has 0 spiro atoms. The Bertz CT molecular complexity index is 468. The Hall–Kier alpha value is -1.65. The van der Waals surface area contributed by atoms with Crippen molar-refractivity contribution >= 4 is 0 Å². The third-order valence-electron chi connectivity index (χ3n) is 2.49. The molecule has 0 fully saturated rings. The number of nitrogens with one attached hydrogen (secondary N) is 1. The summed E-state index contributed by atoms with van der Waals surface area (Å²) >= 11 is 0. The van der Waals surface area contributed by atoms with Gasteiger partial charge >= 0.3 is 0 Å². The van der Waals surface area contributed by atoms with E-state index in [0.717, 1.165) is 11.3 Å². The van der Waals surface area contributed by atoms with E-state index in [9.17, 15) is 4.39 Å². The van der Waals surface area contributed by atoms with Crippen LogP contribution in [0.15, 0.2) is 41.0 Å². The average molecular weight is 235 g/mol. The second-order valence-electron chi connectivity index (χ2n) is 3.77. The average Bonchev–Trinajstić information content (AvgIpc) is 2.84. The minimum absolute atomic E-state index is 0.280. The first-order valence-electron chi connectivity index (χ1n) is 5.41. The highest BCUT2D eigenvalue weighted by Gasteiger charge is 2.02. The van der Waals surface area contributed by atoms with Gasteiger partial charge in [0.05, 0.1) is 19.4 Å². The second kappa shape index (κ2) is 5.61. The summed E-state index contributed by atoms with van der Waals surface area (Å²) in [6.45, 7) is 0.949. The topological polar surface area (TPSA) is 45.4 Å². The summed E-state index contributed by atoms with van der Waals surface area (Å²) in [6, 6.07) is 8.44. The summed E-state index contributed by atoms with van der Waals surface area (Å²) in [5, 5.41) is 12.1. The first kappa shape index (κ1) is 11.8. The van der Waals surface area contributed by atoms with Crippen molar-refractivity contribution in [3.05, 3.63) is 59.3 Å². The Labute approximate surface area is 98.9 Å². The Morgan fingerprint density at radius 3 is 2.82 bits per heavy atom. The normalized spacial score (nSPS) is 10.7. The van der Waals surface area contributed by atoms with Gasteiger partial charge in [-0.3, -0.25) is 0 Å². The number of hydrogen-bond acceptors (Lipinski definition) is 3. The van der Waals surface area contributed by atoms with E-state index >= 15 is 0 Å². The minimum Gasteiger partial charge on any atom is -0.468 e. The van der Waals surface area contributed by atoms with Crippen molar-refractivity contribution in [1.82, 2.24) is 5.32 Å². The zero-order valence-corrected chi connectivity index (χ0v) is 9.32. The van der Waals surface area contributed by atoms with Gasteiger partial charge in [0.25, 0.3) is 0 Å². The summed E-state index contributed by atoms with van der Waals surface area (Å²) in [4.78, 5) is 0. The van der Waals surface area contributed by atoms with Crippen molar-refractivity contribution in [2.45, 2.75) is 19.7 Å². The molecule has 0 saturated heterocycles. The van der Waals surface area contributed by atoms with E-state index in [4.69, 9.17) is 9.52 Å². The molecule has 17 heavy (non-hydrogen) atoms. The van der Waals surface area contributed by atoms with Crippen molar-refractivity contribution < 1.29 is 13.9 Å². The molecule has 0 saturated carbocycles. The fraction of sp³-hybridized carbons (Fsp3) is 0.231. The molecular formula is C13H14FNO2. The van der Waals surface area contributed by atoms with Crippen molar-refractivity contribution in [3.63, 3.8) is 0 Å². The van der Waals surface area contributed by atoms with E-state index in [0.29, 0.717) is 18.7 Å². The number of aliphatic hydroxyl groups excluding tert-OH is 1. The predicted molar refractivity (Wildman–Crippen MR) is 61.6 cm³/mol. The Morgan fingerprint density at radius 2 is 2.12 bits per heavy atom. The lowest BCUT2D eigenvalue weighted by Crippen LogP contribution is -2.12. The van der Waals surface area contributed by atoms with Crippen molar-refractivity contribution in [2.24, 2.45) is 0 Å². The SMILES string of the molecule is OCc1cc(CNCc2ccco2)ccc1F. The van der Waals surface area contributed by atoms with Crippen LogP contribution in [0.2, 0.25) is 0 Å². The highest BCUT2D eigenvalue weighted by molar-refractivity contribution is 5.24. The molecule has 2 N–H and O–H groups in total. The van der Waals surface area contributed by atoms with E-state index < -0.39 is 0 Å². The van der Waals surface area contributed by atoms with Crippen LogP contribution < -0.4 is 5.32 Å². The molecule has 2 aromatic rings. The van der Waals surface area contributed by atoms with Gasteiger partial charge in [0.2, 0.25) is 0 Å². The van der Waals surface area contributed by atoms with Gasteiger partial charge in [-0.05, 0) is 29.8 Å². The first-order valence-corrected chi connectivity index (χ1v) is 5.41. The number of rotatable bonds is 5. The van der Waals surface area contributed by atoms with Gasteiger partial charge in [0.15, 0.2) is 0 Å². The van der Waals surface area contributed by atoms with E-state index in [1.54, 1.807) is 18.4 Å². The molecule has 90 valence electrons. The van der Waals surface area contributed by atoms with E-state index in [2.05, 4.69) is 5.32 Å². The quantitative estimate of drug-likeness (QED) is 0.835. The van der Waals surface area contributed by atoms with Crippen LogP contribution in [0.3, 0.4) is 0 Å². The largest absolute Gasteiger partial charge is 0.468 e. The molecular weight excluding hydrogens is 221 g/mol. The van der Waals surface area contributed by atoms with Crippen LogP contribution in [0.4, 0.5) is 4.39 Å². The Morgan fingerprint density at radius 1 is 1.24 bits per heavy atom. The molecule has 4 heteroatoms. The van der Waals surface area contributed by atoms with Crippen molar-refractivity contribution in [3.8, 4) is 0 Å². The summed E-state index contributed by atoms with van der Waals surface area (Å²) in [7, 11) is 0.